The minimum Gasteiger partial charge on any atom is -0.358 e. The van der Waals surface area contributed by atoms with Gasteiger partial charge in [-0.05, 0) is 24.5 Å². The van der Waals surface area contributed by atoms with Gasteiger partial charge in [0.05, 0.1) is 7.11 Å². The maximum atomic E-state index is 8.97. The summed E-state index contributed by atoms with van der Waals surface area (Å²) >= 11 is 0. The summed E-state index contributed by atoms with van der Waals surface area (Å²) in [6.07, 6.45) is 2.74. The van der Waals surface area contributed by atoms with Crippen molar-refractivity contribution in [2.75, 3.05) is 13.7 Å². The van der Waals surface area contributed by atoms with Crippen molar-refractivity contribution in [3.8, 4) is 0 Å². The Labute approximate surface area is 60.2 Å². The highest BCUT2D eigenvalue weighted by molar-refractivity contribution is 4.55. The minimum atomic E-state index is -0.265. The summed E-state index contributed by atoms with van der Waals surface area (Å²) in [5.41, 5.74) is 0. The lowest BCUT2D eigenvalue weighted by atomic mass is 10.2. The van der Waals surface area contributed by atoms with Crippen LogP contribution in [0.25, 0.3) is 0 Å². The molecule has 1 aliphatic rings. The van der Waals surface area contributed by atoms with Crippen molar-refractivity contribution >= 4 is 0 Å². The lowest BCUT2D eigenvalue weighted by Gasteiger charge is -2.26. The van der Waals surface area contributed by atoms with Crippen LogP contribution in [-0.4, -0.2) is 30.4 Å². The Bertz CT molecular complexity index is 93.0. The van der Waals surface area contributed by atoms with Crippen LogP contribution in [0.3, 0.4) is 0 Å². The van der Waals surface area contributed by atoms with Crippen LogP contribution in [0.4, 0.5) is 0 Å². The quantitative estimate of drug-likeness (QED) is 0.586. The molecule has 60 valence electrons. The van der Waals surface area contributed by atoms with Crippen molar-refractivity contribution in [2.24, 2.45) is 0 Å². The summed E-state index contributed by atoms with van der Waals surface area (Å²) in [6, 6.07) is 0. The van der Waals surface area contributed by atoms with Crippen molar-refractivity contribution in [2.45, 2.75) is 25.5 Å². The largest absolute Gasteiger partial charge is 0.358 e. The third-order valence-corrected chi connectivity index (χ3v) is 1.59. The fourth-order valence-corrected chi connectivity index (χ4v) is 1.02. The van der Waals surface area contributed by atoms with E-state index in [4.69, 9.17) is 9.94 Å². The average Bonchev–Trinajstić information content (AvgIpc) is 2.05. The number of hydrogen-bond donors (Lipinski definition) is 1. The van der Waals surface area contributed by atoms with Gasteiger partial charge in [-0.1, -0.05) is 0 Å². The van der Waals surface area contributed by atoms with E-state index in [0.29, 0.717) is 6.61 Å². The Morgan fingerprint density at radius 1 is 1.60 bits per heavy atom. The predicted molar refractivity (Wildman–Crippen MR) is 34.2 cm³/mol. The van der Waals surface area contributed by atoms with Crippen LogP contribution in [0.1, 0.15) is 19.3 Å². The molecular weight excluding hydrogens is 134 g/mol. The van der Waals surface area contributed by atoms with Gasteiger partial charge in [0.15, 0.2) is 6.23 Å². The lowest BCUT2D eigenvalue weighted by molar-refractivity contribution is -0.395. The molecule has 1 aliphatic heterocycles. The van der Waals surface area contributed by atoms with Crippen LogP contribution in [0.15, 0.2) is 0 Å². The van der Waals surface area contributed by atoms with Gasteiger partial charge in [-0.3, -0.25) is 10.0 Å². The lowest BCUT2D eigenvalue weighted by Crippen LogP contribution is -2.36. The maximum Gasteiger partial charge on any atom is 0.160 e. The molecule has 0 aromatic carbocycles. The molecule has 0 aliphatic carbocycles. The zero-order valence-electron chi connectivity index (χ0n) is 6.12. The summed E-state index contributed by atoms with van der Waals surface area (Å²) in [5, 5.41) is 9.73. The monoisotopic (exact) mass is 147 g/mol. The molecule has 1 rings (SSSR count). The standard InChI is InChI=1S/C6H13NO3/c1-9-7(8)6-4-2-3-5-10-6/h6,8H,2-5H2,1H3. The normalized spacial score (nSPS) is 27.3. The molecule has 1 N–H and O–H groups in total. The van der Waals surface area contributed by atoms with E-state index in [1.165, 1.54) is 7.11 Å². The summed E-state index contributed by atoms with van der Waals surface area (Å²) in [4.78, 5) is 4.55. The van der Waals surface area contributed by atoms with E-state index in [9.17, 15) is 0 Å². The highest BCUT2D eigenvalue weighted by Crippen LogP contribution is 2.14. The van der Waals surface area contributed by atoms with Gasteiger partial charge in [0.2, 0.25) is 0 Å². The first-order valence-corrected chi connectivity index (χ1v) is 3.48. The first-order chi connectivity index (χ1) is 4.84. The highest BCUT2D eigenvalue weighted by atomic mass is 16.9. The van der Waals surface area contributed by atoms with E-state index in [-0.39, 0.29) is 6.23 Å². The second-order valence-electron chi connectivity index (χ2n) is 2.31. The van der Waals surface area contributed by atoms with Crippen LogP contribution in [0, 0.1) is 0 Å². The molecule has 1 heterocycles. The van der Waals surface area contributed by atoms with Crippen molar-refractivity contribution in [1.29, 1.82) is 0 Å². The van der Waals surface area contributed by atoms with Crippen LogP contribution >= 0.6 is 0 Å². The zero-order valence-corrected chi connectivity index (χ0v) is 6.12. The second kappa shape index (κ2) is 3.88. The molecule has 0 amide bonds. The van der Waals surface area contributed by atoms with Gasteiger partial charge < -0.3 is 4.74 Å². The minimum absolute atomic E-state index is 0.265. The Kier molecular flexibility index (Phi) is 3.08. The molecular formula is C6H13NO3. The highest BCUT2D eigenvalue weighted by Gasteiger charge is 2.19. The van der Waals surface area contributed by atoms with E-state index in [1.54, 1.807) is 0 Å². The third-order valence-electron chi connectivity index (χ3n) is 1.59. The van der Waals surface area contributed by atoms with E-state index in [1.807, 2.05) is 0 Å². The molecule has 4 heteroatoms. The van der Waals surface area contributed by atoms with Crippen molar-refractivity contribution in [1.82, 2.24) is 5.23 Å². The fourth-order valence-electron chi connectivity index (χ4n) is 1.02. The Balaban J connectivity index is 2.24. The smallest absolute Gasteiger partial charge is 0.160 e. The number of hydroxylamine groups is 2. The van der Waals surface area contributed by atoms with E-state index >= 15 is 0 Å². The van der Waals surface area contributed by atoms with Crippen molar-refractivity contribution in [3.05, 3.63) is 0 Å². The first kappa shape index (κ1) is 7.94. The van der Waals surface area contributed by atoms with Crippen LogP contribution in [-0.2, 0) is 9.57 Å². The third kappa shape index (κ3) is 1.91. The number of nitrogens with zero attached hydrogens (tertiary/aromatic N) is 1. The molecule has 1 unspecified atom stereocenters. The van der Waals surface area contributed by atoms with Gasteiger partial charge in [0, 0.05) is 6.61 Å². The zero-order chi connectivity index (χ0) is 7.40. The van der Waals surface area contributed by atoms with Crippen molar-refractivity contribution in [3.63, 3.8) is 0 Å². The maximum absolute atomic E-state index is 8.97. The number of hydrogen-bond acceptors (Lipinski definition) is 4. The molecule has 0 saturated carbocycles. The van der Waals surface area contributed by atoms with Crippen LogP contribution < -0.4 is 0 Å². The SMILES string of the molecule is CON(O)C1CCCCO1. The molecule has 0 aromatic heterocycles. The molecule has 0 bridgehead atoms. The summed E-state index contributed by atoms with van der Waals surface area (Å²) in [6.45, 7) is 0.713. The van der Waals surface area contributed by atoms with E-state index in [2.05, 4.69) is 4.84 Å². The molecule has 10 heavy (non-hydrogen) atoms. The number of rotatable bonds is 2. The fraction of sp³-hybridized carbons (Fsp3) is 1.00. The van der Waals surface area contributed by atoms with E-state index < -0.39 is 0 Å². The molecule has 4 nitrogen and oxygen atoms in total. The molecule has 1 fully saturated rings. The van der Waals surface area contributed by atoms with Gasteiger partial charge in [-0.25, -0.2) is 0 Å². The van der Waals surface area contributed by atoms with Gasteiger partial charge in [-0.2, -0.15) is 0 Å². The summed E-state index contributed by atoms with van der Waals surface area (Å²) < 4.78 is 5.18. The Morgan fingerprint density at radius 3 is 2.90 bits per heavy atom. The van der Waals surface area contributed by atoms with Crippen LogP contribution in [0.5, 0.6) is 0 Å². The van der Waals surface area contributed by atoms with Gasteiger partial charge in [0.25, 0.3) is 0 Å². The topological polar surface area (TPSA) is 41.9 Å². The van der Waals surface area contributed by atoms with Crippen LogP contribution in [0.2, 0.25) is 0 Å². The molecule has 0 spiro atoms. The van der Waals surface area contributed by atoms with Gasteiger partial charge >= 0.3 is 0 Å². The van der Waals surface area contributed by atoms with Gasteiger partial charge in [-0.15, -0.1) is 0 Å². The predicted octanol–water partition coefficient (Wildman–Crippen LogP) is 0.766. The van der Waals surface area contributed by atoms with E-state index in [0.717, 1.165) is 24.5 Å². The average molecular weight is 147 g/mol. The van der Waals surface area contributed by atoms with Crippen molar-refractivity contribution < 1.29 is 14.8 Å². The number of ether oxygens (including phenoxy) is 1. The second-order valence-corrected chi connectivity index (χ2v) is 2.31. The Morgan fingerprint density at radius 2 is 2.40 bits per heavy atom. The molecule has 1 atom stereocenters. The summed E-state index contributed by atoms with van der Waals surface area (Å²) in [7, 11) is 1.41. The molecule has 1 saturated heterocycles. The molecule has 0 aromatic rings. The first-order valence-electron chi connectivity index (χ1n) is 3.48. The Hall–Kier alpha value is -0.160. The van der Waals surface area contributed by atoms with Gasteiger partial charge in [0.1, 0.15) is 0 Å². The summed E-state index contributed by atoms with van der Waals surface area (Å²) in [5.74, 6) is 0. The molecule has 0 radical (unpaired) electrons.